The molecule has 1 amide bonds. The predicted octanol–water partition coefficient (Wildman–Crippen LogP) is 2.82. The molecule has 0 spiro atoms. The Morgan fingerprint density at radius 1 is 1.30 bits per heavy atom. The molecule has 1 aromatic rings. The smallest absolute Gasteiger partial charge is 0.244 e. The fraction of sp³-hybridized carbons (Fsp3) is 0.471. The molecule has 2 N–H and O–H groups in total. The molecule has 0 radical (unpaired) electrons. The summed E-state index contributed by atoms with van der Waals surface area (Å²) in [5, 5.41) is 12.9. The van der Waals surface area contributed by atoms with E-state index in [4.69, 9.17) is 0 Å². The molecule has 2 rings (SSSR count). The van der Waals surface area contributed by atoms with Gasteiger partial charge in [0.25, 0.3) is 0 Å². The van der Waals surface area contributed by atoms with Crippen molar-refractivity contribution in [1.29, 1.82) is 0 Å². The fourth-order valence-electron chi connectivity index (χ4n) is 2.63. The summed E-state index contributed by atoms with van der Waals surface area (Å²) in [6.07, 6.45) is 7.86. The first kappa shape index (κ1) is 14.8. The first-order chi connectivity index (χ1) is 9.65. The molecule has 0 aliphatic heterocycles. The van der Waals surface area contributed by atoms with E-state index in [0.717, 1.165) is 37.7 Å². The zero-order valence-corrected chi connectivity index (χ0v) is 12.0. The van der Waals surface area contributed by atoms with Gasteiger partial charge >= 0.3 is 0 Å². The number of rotatable bonds is 3. The number of hydrogen-bond acceptors (Lipinski definition) is 2. The van der Waals surface area contributed by atoms with Crippen molar-refractivity contribution in [2.24, 2.45) is 0 Å². The molecule has 0 saturated heterocycles. The third kappa shape index (κ3) is 4.49. The number of nitrogens with one attached hydrogen (secondary N) is 1. The van der Waals surface area contributed by atoms with Gasteiger partial charge in [-0.25, -0.2) is 0 Å². The first-order valence-electron chi connectivity index (χ1n) is 7.38. The molecule has 20 heavy (non-hydrogen) atoms. The van der Waals surface area contributed by atoms with Crippen molar-refractivity contribution in [2.75, 3.05) is 0 Å². The minimum absolute atomic E-state index is 0.104. The third-order valence-corrected chi connectivity index (χ3v) is 3.78. The number of amides is 1. The summed E-state index contributed by atoms with van der Waals surface area (Å²) in [7, 11) is 0. The van der Waals surface area contributed by atoms with Crippen LogP contribution in [0.4, 0.5) is 0 Å². The van der Waals surface area contributed by atoms with Crippen LogP contribution in [0.15, 0.2) is 30.3 Å². The maximum absolute atomic E-state index is 11.9. The van der Waals surface area contributed by atoms with Gasteiger partial charge in [-0.05, 0) is 31.4 Å². The summed E-state index contributed by atoms with van der Waals surface area (Å²) in [4.78, 5) is 11.9. The molecule has 108 valence electrons. The molecule has 0 bridgehead atoms. The summed E-state index contributed by atoms with van der Waals surface area (Å²) >= 11 is 0. The van der Waals surface area contributed by atoms with Crippen molar-refractivity contribution in [1.82, 2.24) is 5.32 Å². The van der Waals surface area contributed by atoms with Gasteiger partial charge in [0.2, 0.25) is 5.91 Å². The van der Waals surface area contributed by atoms with Crippen LogP contribution in [0, 0.1) is 6.92 Å². The van der Waals surface area contributed by atoms with E-state index < -0.39 is 6.10 Å². The molecule has 1 aromatic carbocycles. The Kier molecular flexibility index (Phi) is 5.36. The van der Waals surface area contributed by atoms with Crippen LogP contribution in [0.1, 0.15) is 43.2 Å². The van der Waals surface area contributed by atoms with E-state index in [1.165, 1.54) is 5.56 Å². The minimum Gasteiger partial charge on any atom is -0.391 e. The summed E-state index contributed by atoms with van der Waals surface area (Å²) < 4.78 is 0. The van der Waals surface area contributed by atoms with E-state index >= 15 is 0 Å². The van der Waals surface area contributed by atoms with Crippen LogP contribution in [0.2, 0.25) is 0 Å². The van der Waals surface area contributed by atoms with E-state index in [0.29, 0.717) is 0 Å². The molecule has 2 atom stereocenters. The maximum atomic E-state index is 11.9. The number of benzene rings is 1. The number of hydrogen-bond donors (Lipinski definition) is 2. The van der Waals surface area contributed by atoms with E-state index in [9.17, 15) is 9.90 Å². The molecule has 1 aliphatic carbocycles. The normalized spacial score (nSPS) is 23.5. The fourth-order valence-corrected chi connectivity index (χ4v) is 2.63. The van der Waals surface area contributed by atoms with E-state index in [2.05, 4.69) is 5.32 Å². The van der Waals surface area contributed by atoms with Gasteiger partial charge in [0.05, 0.1) is 12.1 Å². The molecule has 3 heteroatoms. The van der Waals surface area contributed by atoms with Gasteiger partial charge in [-0.2, -0.15) is 0 Å². The second-order valence-electron chi connectivity index (χ2n) is 5.57. The summed E-state index contributed by atoms with van der Waals surface area (Å²) in [6, 6.07) is 7.90. The minimum atomic E-state index is -0.409. The average molecular weight is 273 g/mol. The Bertz CT molecular complexity index is 482. The number of aliphatic hydroxyl groups excluding tert-OH is 1. The number of aliphatic hydroxyl groups is 1. The second-order valence-corrected chi connectivity index (χ2v) is 5.57. The van der Waals surface area contributed by atoms with Gasteiger partial charge < -0.3 is 10.4 Å². The summed E-state index contributed by atoms with van der Waals surface area (Å²) in [5.41, 5.74) is 2.19. The van der Waals surface area contributed by atoms with Gasteiger partial charge in [0, 0.05) is 6.08 Å². The number of carbonyl (C=O) groups excluding carboxylic acids is 1. The van der Waals surface area contributed by atoms with Crippen LogP contribution in [-0.2, 0) is 4.79 Å². The van der Waals surface area contributed by atoms with Crippen LogP contribution in [0.5, 0.6) is 0 Å². The Labute approximate surface area is 120 Å². The van der Waals surface area contributed by atoms with Gasteiger partial charge in [-0.3, -0.25) is 4.79 Å². The highest BCUT2D eigenvalue weighted by molar-refractivity contribution is 5.91. The van der Waals surface area contributed by atoms with Gasteiger partial charge in [-0.15, -0.1) is 0 Å². The highest BCUT2D eigenvalue weighted by Gasteiger charge is 2.22. The highest BCUT2D eigenvalue weighted by Crippen LogP contribution is 2.18. The Morgan fingerprint density at radius 2 is 2.10 bits per heavy atom. The van der Waals surface area contributed by atoms with E-state index in [1.54, 1.807) is 6.08 Å². The molecule has 2 unspecified atom stereocenters. The van der Waals surface area contributed by atoms with Crippen molar-refractivity contribution >= 4 is 12.0 Å². The van der Waals surface area contributed by atoms with Gasteiger partial charge in [0.1, 0.15) is 0 Å². The lowest BCUT2D eigenvalue weighted by molar-refractivity contribution is -0.118. The monoisotopic (exact) mass is 273 g/mol. The van der Waals surface area contributed by atoms with Crippen molar-refractivity contribution < 1.29 is 9.90 Å². The van der Waals surface area contributed by atoms with Crippen LogP contribution in [0.3, 0.4) is 0 Å². The molecular weight excluding hydrogens is 250 g/mol. The lowest BCUT2D eigenvalue weighted by atomic mass is 10.1. The molecule has 3 nitrogen and oxygen atoms in total. The summed E-state index contributed by atoms with van der Waals surface area (Å²) in [6.45, 7) is 2.03. The average Bonchev–Trinajstić information content (AvgIpc) is 2.62. The van der Waals surface area contributed by atoms with E-state index in [-0.39, 0.29) is 11.9 Å². The summed E-state index contributed by atoms with van der Waals surface area (Å²) in [5.74, 6) is -0.127. The Hall–Kier alpha value is -1.61. The molecule has 1 saturated carbocycles. The van der Waals surface area contributed by atoms with Crippen molar-refractivity contribution in [2.45, 2.75) is 51.2 Å². The Balaban J connectivity index is 1.91. The van der Waals surface area contributed by atoms with Crippen LogP contribution in [0.25, 0.3) is 6.08 Å². The maximum Gasteiger partial charge on any atom is 0.244 e. The highest BCUT2D eigenvalue weighted by atomic mass is 16.3. The standard InChI is InChI=1S/C17H23NO2/c1-13-6-5-7-14(12-13)10-11-17(20)18-15-8-3-2-4-9-16(15)19/h5-7,10-12,15-16,19H,2-4,8-9H2,1H3,(H,18,20)/b11-10+. The third-order valence-electron chi connectivity index (χ3n) is 3.78. The van der Waals surface area contributed by atoms with Gasteiger partial charge in [-0.1, -0.05) is 49.1 Å². The lowest BCUT2D eigenvalue weighted by Gasteiger charge is -2.20. The van der Waals surface area contributed by atoms with Crippen molar-refractivity contribution in [3.05, 3.63) is 41.5 Å². The zero-order valence-electron chi connectivity index (χ0n) is 12.0. The van der Waals surface area contributed by atoms with Crippen LogP contribution < -0.4 is 5.32 Å². The molecular formula is C17H23NO2. The molecule has 0 heterocycles. The molecule has 1 fully saturated rings. The number of carbonyl (C=O) groups is 1. The topological polar surface area (TPSA) is 49.3 Å². The molecule has 0 aromatic heterocycles. The zero-order chi connectivity index (χ0) is 14.4. The first-order valence-corrected chi connectivity index (χ1v) is 7.38. The quantitative estimate of drug-likeness (QED) is 0.657. The number of aryl methyl sites for hydroxylation is 1. The molecule has 1 aliphatic rings. The van der Waals surface area contributed by atoms with Crippen molar-refractivity contribution in [3.8, 4) is 0 Å². The predicted molar refractivity (Wildman–Crippen MR) is 81.2 cm³/mol. The second kappa shape index (κ2) is 7.25. The lowest BCUT2D eigenvalue weighted by Crippen LogP contribution is -2.41. The van der Waals surface area contributed by atoms with Gasteiger partial charge in [0.15, 0.2) is 0 Å². The van der Waals surface area contributed by atoms with E-state index in [1.807, 2.05) is 37.3 Å². The van der Waals surface area contributed by atoms with Crippen molar-refractivity contribution in [3.63, 3.8) is 0 Å². The van der Waals surface area contributed by atoms with Crippen LogP contribution in [-0.4, -0.2) is 23.2 Å². The van der Waals surface area contributed by atoms with Crippen LogP contribution >= 0.6 is 0 Å². The Morgan fingerprint density at radius 3 is 2.90 bits per heavy atom. The largest absolute Gasteiger partial charge is 0.391 e. The SMILES string of the molecule is Cc1cccc(/C=C/C(=O)NC2CCCCCC2O)c1.